The van der Waals surface area contributed by atoms with Crippen LogP contribution < -0.4 is 9.64 Å². The van der Waals surface area contributed by atoms with Gasteiger partial charge in [0.25, 0.3) is 0 Å². The van der Waals surface area contributed by atoms with Gasteiger partial charge in [0.2, 0.25) is 0 Å². The molecule has 1 aliphatic heterocycles. The average Bonchev–Trinajstić information content (AvgIpc) is 2.91. The van der Waals surface area contributed by atoms with E-state index in [0.717, 1.165) is 79.9 Å². The Balaban J connectivity index is 1.78. The van der Waals surface area contributed by atoms with E-state index in [0.29, 0.717) is 25.2 Å². The summed E-state index contributed by atoms with van der Waals surface area (Å²) in [5.74, 6) is -0.00164. The predicted octanol–water partition coefficient (Wildman–Crippen LogP) is 6.42. The lowest BCUT2D eigenvalue weighted by atomic mass is 9.99. The number of anilines is 1. The molecule has 0 fully saturated rings. The van der Waals surface area contributed by atoms with Crippen LogP contribution in [0.5, 0.6) is 5.75 Å². The number of fused-ring (bicyclic) bond motifs is 1. The van der Waals surface area contributed by atoms with Crippen molar-refractivity contribution in [2.24, 2.45) is 0 Å². The molecule has 5 nitrogen and oxygen atoms in total. The van der Waals surface area contributed by atoms with E-state index >= 15 is 0 Å². The fraction of sp³-hybridized carbons (Fsp3) is 0.464. The van der Waals surface area contributed by atoms with Crippen molar-refractivity contribution in [2.45, 2.75) is 52.4 Å². The lowest BCUT2D eigenvalue weighted by Crippen LogP contribution is -2.25. The summed E-state index contributed by atoms with van der Waals surface area (Å²) in [5.41, 5.74) is 4.72. The summed E-state index contributed by atoms with van der Waals surface area (Å²) in [5, 5.41) is 9.69. The van der Waals surface area contributed by atoms with E-state index in [9.17, 15) is 9.90 Å². The van der Waals surface area contributed by atoms with E-state index in [1.54, 1.807) is 0 Å². The van der Waals surface area contributed by atoms with Crippen molar-refractivity contribution in [2.75, 3.05) is 37.8 Å². The normalized spacial score (nSPS) is 15.6. The van der Waals surface area contributed by atoms with Crippen molar-refractivity contribution in [1.82, 2.24) is 0 Å². The number of benzene rings is 2. The maximum Gasteiger partial charge on any atom is 0.331 e. The Hall–Kier alpha value is -2.79. The molecule has 33 heavy (non-hydrogen) atoms. The molecule has 5 heteroatoms. The third kappa shape index (κ3) is 7.36. The molecular formula is C28H37NO4. The number of carboxylic acids is 1. The van der Waals surface area contributed by atoms with Gasteiger partial charge in [0.1, 0.15) is 12.4 Å². The first-order valence-electron chi connectivity index (χ1n) is 12.3. The largest absolute Gasteiger partial charge is 0.491 e. The minimum absolute atomic E-state index is 0.483. The molecule has 2 aromatic carbocycles. The van der Waals surface area contributed by atoms with Crippen LogP contribution in [0.4, 0.5) is 5.69 Å². The summed E-state index contributed by atoms with van der Waals surface area (Å²) in [6.45, 7) is 8.17. The number of carbonyl (C=O) groups is 1. The van der Waals surface area contributed by atoms with Crippen LogP contribution in [0, 0.1) is 0 Å². The Morgan fingerprint density at radius 3 is 2.48 bits per heavy atom. The van der Waals surface area contributed by atoms with Gasteiger partial charge < -0.3 is 19.5 Å². The standard InChI is InChI=1S/C28H37NO4/c1-3-5-17-32-18-19-33-26-12-9-22(10-13-26)23-11-14-27-25(20-23)21-24(28(30)31)8-6-7-16-29(27)15-4-2/h9-14,20-21H,3-8,15-19H2,1-2H3,(H,30,31)/b24-21-. The third-order valence-electron chi connectivity index (χ3n) is 5.92. The molecule has 0 aliphatic carbocycles. The van der Waals surface area contributed by atoms with E-state index in [1.807, 2.05) is 18.2 Å². The van der Waals surface area contributed by atoms with E-state index in [4.69, 9.17) is 9.47 Å². The first-order chi connectivity index (χ1) is 16.1. The van der Waals surface area contributed by atoms with Crippen molar-refractivity contribution in [3.8, 4) is 16.9 Å². The molecule has 1 aliphatic rings. The van der Waals surface area contributed by atoms with Gasteiger partial charge in [-0.15, -0.1) is 0 Å². The fourth-order valence-electron chi connectivity index (χ4n) is 4.12. The van der Waals surface area contributed by atoms with Gasteiger partial charge in [-0.3, -0.25) is 0 Å². The second kappa shape index (κ2) is 13.0. The fourth-order valence-corrected chi connectivity index (χ4v) is 4.12. The minimum Gasteiger partial charge on any atom is -0.491 e. The van der Waals surface area contributed by atoms with Gasteiger partial charge in [-0.25, -0.2) is 4.79 Å². The van der Waals surface area contributed by atoms with Crippen molar-refractivity contribution < 1.29 is 19.4 Å². The van der Waals surface area contributed by atoms with Crippen LogP contribution in [-0.2, 0) is 9.53 Å². The van der Waals surface area contributed by atoms with Crippen molar-refractivity contribution in [3.63, 3.8) is 0 Å². The molecule has 178 valence electrons. The highest BCUT2D eigenvalue weighted by molar-refractivity contribution is 5.94. The molecule has 3 rings (SSSR count). The van der Waals surface area contributed by atoms with Crippen molar-refractivity contribution in [1.29, 1.82) is 0 Å². The number of unbranched alkanes of at least 4 members (excludes halogenated alkanes) is 1. The SMILES string of the molecule is CCCCOCCOc1ccc(-c2ccc3c(c2)/C=C(\C(=O)O)CCCCN3CCC)cc1. The van der Waals surface area contributed by atoms with Gasteiger partial charge in [0, 0.05) is 31.0 Å². The summed E-state index contributed by atoms with van der Waals surface area (Å²) >= 11 is 0. The number of ether oxygens (including phenoxy) is 2. The zero-order chi connectivity index (χ0) is 23.5. The molecule has 0 bridgehead atoms. The summed E-state index contributed by atoms with van der Waals surface area (Å²) in [4.78, 5) is 14.2. The molecule has 0 atom stereocenters. The van der Waals surface area contributed by atoms with Crippen molar-refractivity contribution in [3.05, 3.63) is 53.6 Å². The lowest BCUT2D eigenvalue weighted by molar-refractivity contribution is -0.132. The van der Waals surface area contributed by atoms with Crippen LogP contribution in [0.1, 0.15) is 57.9 Å². The Labute approximate surface area is 198 Å². The number of hydrogen-bond acceptors (Lipinski definition) is 4. The number of hydrogen-bond donors (Lipinski definition) is 1. The van der Waals surface area contributed by atoms with Crippen LogP contribution in [0.2, 0.25) is 0 Å². The van der Waals surface area contributed by atoms with Crippen molar-refractivity contribution >= 4 is 17.7 Å². The highest BCUT2D eigenvalue weighted by Crippen LogP contribution is 2.32. The smallest absolute Gasteiger partial charge is 0.331 e. The summed E-state index contributed by atoms with van der Waals surface area (Å²) in [7, 11) is 0. The van der Waals surface area contributed by atoms with E-state index in [1.165, 1.54) is 0 Å². The third-order valence-corrected chi connectivity index (χ3v) is 5.92. The van der Waals surface area contributed by atoms with Crippen LogP contribution in [0.3, 0.4) is 0 Å². The highest BCUT2D eigenvalue weighted by Gasteiger charge is 2.16. The maximum atomic E-state index is 11.8. The number of nitrogens with zero attached hydrogens (tertiary/aromatic N) is 1. The monoisotopic (exact) mass is 451 g/mol. The first-order valence-corrected chi connectivity index (χ1v) is 12.3. The average molecular weight is 452 g/mol. The Morgan fingerprint density at radius 1 is 0.970 bits per heavy atom. The Kier molecular flexibility index (Phi) is 9.82. The molecule has 0 aromatic heterocycles. The molecular weight excluding hydrogens is 414 g/mol. The summed E-state index contributed by atoms with van der Waals surface area (Å²) in [6.07, 6.45) is 7.63. The molecule has 0 radical (unpaired) electrons. The predicted molar refractivity (Wildman–Crippen MR) is 135 cm³/mol. The van der Waals surface area contributed by atoms with Crippen LogP contribution in [0.15, 0.2) is 48.0 Å². The summed E-state index contributed by atoms with van der Waals surface area (Å²) in [6, 6.07) is 14.4. The first kappa shape index (κ1) is 24.8. The van der Waals surface area contributed by atoms with E-state index < -0.39 is 5.97 Å². The Bertz CT molecular complexity index is 920. The molecule has 0 saturated carbocycles. The van der Waals surface area contributed by atoms with Gasteiger partial charge in [0.05, 0.1) is 6.61 Å². The second-order valence-corrected chi connectivity index (χ2v) is 8.53. The lowest BCUT2D eigenvalue weighted by Gasteiger charge is -2.26. The molecule has 0 spiro atoms. The zero-order valence-electron chi connectivity index (χ0n) is 20.0. The van der Waals surface area contributed by atoms with Gasteiger partial charge in [-0.1, -0.05) is 38.5 Å². The Morgan fingerprint density at radius 2 is 1.76 bits per heavy atom. The zero-order valence-corrected chi connectivity index (χ0v) is 20.0. The maximum absolute atomic E-state index is 11.8. The molecule has 0 unspecified atom stereocenters. The van der Waals surface area contributed by atoms with Gasteiger partial charge in [-0.05, 0) is 79.1 Å². The molecule has 2 aromatic rings. The number of carboxylic acid groups (broad SMARTS) is 1. The molecule has 1 heterocycles. The highest BCUT2D eigenvalue weighted by atomic mass is 16.5. The quantitative estimate of drug-likeness (QED) is 0.400. The van der Waals surface area contributed by atoms with Gasteiger partial charge >= 0.3 is 5.97 Å². The van der Waals surface area contributed by atoms with E-state index in [-0.39, 0.29) is 0 Å². The van der Waals surface area contributed by atoms with Gasteiger partial charge in [-0.2, -0.15) is 0 Å². The van der Waals surface area contributed by atoms with Crippen LogP contribution in [-0.4, -0.2) is 44.0 Å². The summed E-state index contributed by atoms with van der Waals surface area (Å²) < 4.78 is 11.3. The van der Waals surface area contributed by atoms with Crippen LogP contribution >= 0.6 is 0 Å². The minimum atomic E-state index is -0.824. The molecule has 1 N–H and O–H groups in total. The molecule has 0 saturated heterocycles. The second-order valence-electron chi connectivity index (χ2n) is 8.53. The van der Waals surface area contributed by atoms with E-state index in [2.05, 4.69) is 49.1 Å². The van der Waals surface area contributed by atoms with Crippen LogP contribution in [0.25, 0.3) is 17.2 Å². The number of aliphatic carboxylic acids is 1. The van der Waals surface area contributed by atoms with Gasteiger partial charge in [0.15, 0.2) is 0 Å². The molecule has 0 amide bonds. The number of rotatable bonds is 11. The topological polar surface area (TPSA) is 59.0 Å².